The van der Waals surface area contributed by atoms with Gasteiger partial charge >= 0.3 is 0 Å². The highest BCUT2D eigenvalue weighted by Crippen LogP contribution is 2.22. The van der Waals surface area contributed by atoms with E-state index >= 15 is 0 Å². The van der Waals surface area contributed by atoms with Crippen molar-refractivity contribution in [3.8, 4) is 0 Å². The van der Waals surface area contributed by atoms with E-state index < -0.39 is 0 Å². The van der Waals surface area contributed by atoms with E-state index in [0.717, 1.165) is 0 Å². The minimum Gasteiger partial charge on any atom is -0.375 e. The summed E-state index contributed by atoms with van der Waals surface area (Å²) in [5.74, 6) is -0.539. The lowest BCUT2D eigenvalue weighted by atomic mass is 10.1. The van der Waals surface area contributed by atoms with Gasteiger partial charge in [0, 0.05) is 13.2 Å². The van der Waals surface area contributed by atoms with Gasteiger partial charge in [0.1, 0.15) is 0 Å². The van der Waals surface area contributed by atoms with Crippen LogP contribution in [0.4, 0.5) is 0 Å². The number of fused-ring (bicyclic) bond motifs is 1. The van der Waals surface area contributed by atoms with Gasteiger partial charge in [-0.05, 0) is 19.1 Å². The summed E-state index contributed by atoms with van der Waals surface area (Å²) >= 11 is 0. The van der Waals surface area contributed by atoms with Crippen LogP contribution in [0.15, 0.2) is 24.3 Å². The van der Waals surface area contributed by atoms with Crippen molar-refractivity contribution in [2.45, 2.75) is 13.0 Å². The lowest BCUT2D eigenvalue weighted by Gasteiger charge is -2.21. The molecular formula is C13H16N2O3. The molecule has 0 bridgehead atoms. The summed E-state index contributed by atoms with van der Waals surface area (Å²) in [5, 5.41) is 0. The number of hydrogen-bond acceptors (Lipinski definition) is 4. The number of nitrogens with two attached hydrogens (primary N) is 1. The molecular weight excluding hydrogens is 232 g/mol. The summed E-state index contributed by atoms with van der Waals surface area (Å²) in [7, 11) is 0. The Morgan fingerprint density at radius 3 is 2.22 bits per heavy atom. The maximum absolute atomic E-state index is 12.1. The zero-order chi connectivity index (χ0) is 13.1. The molecule has 1 aromatic carbocycles. The fourth-order valence-electron chi connectivity index (χ4n) is 2.04. The SMILES string of the molecule is CCOC(CN)CN1C(=O)c2ccccc2C1=O. The lowest BCUT2D eigenvalue weighted by Crippen LogP contribution is -2.41. The highest BCUT2D eigenvalue weighted by molar-refractivity contribution is 6.21. The Balaban J connectivity index is 2.18. The summed E-state index contributed by atoms with van der Waals surface area (Å²) in [4.78, 5) is 25.3. The molecule has 96 valence electrons. The number of benzene rings is 1. The van der Waals surface area contributed by atoms with Crippen LogP contribution in [0.3, 0.4) is 0 Å². The fourth-order valence-corrected chi connectivity index (χ4v) is 2.04. The van der Waals surface area contributed by atoms with E-state index in [2.05, 4.69) is 0 Å². The third-order valence-electron chi connectivity index (χ3n) is 2.93. The first-order chi connectivity index (χ1) is 8.69. The van der Waals surface area contributed by atoms with Crippen molar-refractivity contribution in [2.24, 2.45) is 5.73 Å². The number of carbonyl (C=O) groups is 2. The lowest BCUT2D eigenvalue weighted by molar-refractivity contribution is 0.0329. The quantitative estimate of drug-likeness (QED) is 0.776. The highest BCUT2D eigenvalue weighted by atomic mass is 16.5. The van der Waals surface area contributed by atoms with E-state index in [0.29, 0.717) is 17.7 Å². The van der Waals surface area contributed by atoms with Gasteiger partial charge in [-0.3, -0.25) is 14.5 Å². The number of amides is 2. The van der Waals surface area contributed by atoms with Gasteiger partial charge in [0.05, 0.1) is 23.8 Å². The molecule has 0 fully saturated rings. The van der Waals surface area contributed by atoms with Crippen LogP contribution in [0.1, 0.15) is 27.6 Å². The summed E-state index contributed by atoms with van der Waals surface area (Å²) in [5.41, 5.74) is 6.47. The van der Waals surface area contributed by atoms with Crippen LogP contribution >= 0.6 is 0 Å². The van der Waals surface area contributed by atoms with Crippen LogP contribution < -0.4 is 5.73 Å². The van der Waals surface area contributed by atoms with E-state index in [1.54, 1.807) is 24.3 Å². The average Bonchev–Trinajstić information content (AvgIpc) is 2.64. The Hall–Kier alpha value is -1.72. The maximum Gasteiger partial charge on any atom is 0.261 e. The van der Waals surface area contributed by atoms with Crippen molar-refractivity contribution in [2.75, 3.05) is 19.7 Å². The fraction of sp³-hybridized carbons (Fsp3) is 0.385. The van der Waals surface area contributed by atoms with Gasteiger partial charge < -0.3 is 10.5 Å². The van der Waals surface area contributed by atoms with Crippen molar-refractivity contribution >= 4 is 11.8 Å². The number of imide groups is 1. The zero-order valence-corrected chi connectivity index (χ0v) is 10.3. The molecule has 1 atom stereocenters. The van der Waals surface area contributed by atoms with E-state index in [-0.39, 0.29) is 31.0 Å². The molecule has 1 aromatic rings. The van der Waals surface area contributed by atoms with Crippen molar-refractivity contribution in [3.05, 3.63) is 35.4 Å². The summed E-state index contributed by atoms with van der Waals surface area (Å²) in [6, 6.07) is 6.81. The summed E-state index contributed by atoms with van der Waals surface area (Å²) in [6.45, 7) is 2.84. The minimum atomic E-state index is -0.308. The second-order valence-corrected chi connectivity index (χ2v) is 4.08. The van der Waals surface area contributed by atoms with Gasteiger partial charge in [-0.1, -0.05) is 12.1 Å². The largest absolute Gasteiger partial charge is 0.375 e. The normalized spacial score (nSPS) is 16.0. The second-order valence-electron chi connectivity index (χ2n) is 4.08. The van der Waals surface area contributed by atoms with E-state index in [1.807, 2.05) is 6.92 Å². The second kappa shape index (κ2) is 5.29. The maximum atomic E-state index is 12.1. The van der Waals surface area contributed by atoms with Crippen LogP contribution in [0.25, 0.3) is 0 Å². The first-order valence-corrected chi connectivity index (χ1v) is 5.96. The number of ether oxygens (including phenoxy) is 1. The van der Waals surface area contributed by atoms with Crippen molar-refractivity contribution in [1.29, 1.82) is 0 Å². The molecule has 0 aromatic heterocycles. The van der Waals surface area contributed by atoms with Crippen molar-refractivity contribution < 1.29 is 14.3 Å². The van der Waals surface area contributed by atoms with Crippen molar-refractivity contribution in [3.63, 3.8) is 0 Å². The molecule has 1 unspecified atom stereocenters. The molecule has 0 radical (unpaired) electrons. The molecule has 2 N–H and O–H groups in total. The third kappa shape index (κ3) is 2.14. The smallest absolute Gasteiger partial charge is 0.261 e. The Labute approximate surface area is 106 Å². The number of carbonyl (C=O) groups excluding carboxylic acids is 2. The Morgan fingerprint density at radius 1 is 1.22 bits per heavy atom. The van der Waals surface area contributed by atoms with Crippen LogP contribution in [-0.4, -0.2) is 42.5 Å². The van der Waals surface area contributed by atoms with E-state index in [1.165, 1.54) is 4.90 Å². The molecule has 1 aliphatic heterocycles. The number of nitrogens with zero attached hydrogens (tertiary/aromatic N) is 1. The first-order valence-electron chi connectivity index (χ1n) is 5.96. The van der Waals surface area contributed by atoms with Gasteiger partial charge in [0.2, 0.25) is 0 Å². The van der Waals surface area contributed by atoms with E-state index in [9.17, 15) is 9.59 Å². The first kappa shape index (κ1) is 12.7. The van der Waals surface area contributed by atoms with Gasteiger partial charge in [-0.2, -0.15) is 0 Å². The van der Waals surface area contributed by atoms with Crippen LogP contribution in [0.5, 0.6) is 0 Å². The van der Waals surface area contributed by atoms with Crippen LogP contribution in [0, 0.1) is 0 Å². The van der Waals surface area contributed by atoms with Gasteiger partial charge in [-0.25, -0.2) is 0 Å². The molecule has 2 rings (SSSR count). The predicted molar refractivity (Wildman–Crippen MR) is 66.3 cm³/mol. The summed E-state index contributed by atoms with van der Waals surface area (Å²) in [6.07, 6.45) is -0.308. The van der Waals surface area contributed by atoms with Crippen LogP contribution in [0.2, 0.25) is 0 Å². The average molecular weight is 248 g/mol. The third-order valence-corrected chi connectivity index (χ3v) is 2.93. The molecule has 0 aliphatic carbocycles. The zero-order valence-electron chi connectivity index (χ0n) is 10.3. The number of rotatable bonds is 5. The molecule has 0 spiro atoms. The van der Waals surface area contributed by atoms with Crippen LogP contribution in [-0.2, 0) is 4.74 Å². The Bertz CT molecular complexity index is 438. The van der Waals surface area contributed by atoms with Gasteiger partial charge in [-0.15, -0.1) is 0 Å². The molecule has 5 heteroatoms. The van der Waals surface area contributed by atoms with E-state index in [4.69, 9.17) is 10.5 Å². The Kier molecular flexibility index (Phi) is 3.74. The molecule has 18 heavy (non-hydrogen) atoms. The minimum absolute atomic E-state index is 0.205. The molecule has 1 heterocycles. The monoisotopic (exact) mass is 248 g/mol. The summed E-state index contributed by atoms with van der Waals surface area (Å²) < 4.78 is 5.38. The molecule has 2 amide bonds. The van der Waals surface area contributed by atoms with Gasteiger partial charge in [0.25, 0.3) is 11.8 Å². The number of hydrogen-bond donors (Lipinski definition) is 1. The molecule has 0 saturated heterocycles. The topological polar surface area (TPSA) is 72.6 Å². The standard InChI is InChI=1S/C13H16N2O3/c1-2-18-9(7-14)8-15-12(16)10-5-3-4-6-11(10)13(15)17/h3-6,9H,2,7-8,14H2,1H3. The molecule has 0 saturated carbocycles. The predicted octanol–water partition coefficient (Wildman–Crippen LogP) is 0.646. The highest BCUT2D eigenvalue weighted by Gasteiger charge is 2.36. The Morgan fingerprint density at radius 2 is 1.78 bits per heavy atom. The van der Waals surface area contributed by atoms with Gasteiger partial charge in [0.15, 0.2) is 0 Å². The van der Waals surface area contributed by atoms with Crippen molar-refractivity contribution in [1.82, 2.24) is 4.90 Å². The molecule has 5 nitrogen and oxygen atoms in total. The molecule has 1 aliphatic rings.